The van der Waals surface area contributed by atoms with Crippen LogP contribution in [-0.2, 0) is 4.79 Å². The van der Waals surface area contributed by atoms with Gasteiger partial charge in [-0.1, -0.05) is 18.2 Å². The molecule has 120 valence electrons. The molecule has 0 bridgehead atoms. The largest absolute Gasteiger partial charge is 0.322 e. The first kappa shape index (κ1) is 15.2. The van der Waals surface area contributed by atoms with Gasteiger partial charge >= 0.3 is 0 Å². The molecule has 2 amide bonds. The molecule has 7 heteroatoms. The molecule has 2 atom stereocenters. The molecule has 1 aromatic heterocycles. The van der Waals surface area contributed by atoms with Crippen molar-refractivity contribution in [2.75, 3.05) is 5.32 Å². The lowest BCUT2D eigenvalue weighted by molar-refractivity contribution is -0.125. The van der Waals surface area contributed by atoms with Crippen molar-refractivity contribution in [2.24, 2.45) is 0 Å². The van der Waals surface area contributed by atoms with E-state index in [1.54, 1.807) is 22.9 Å². The maximum Gasteiger partial charge on any atom is 0.256 e. The molecule has 2 unspecified atom stereocenters. The predicted octanol–water partition coefficient (Wildman–Crippen LogP) is 1.40. The van der Waals surface area contributed by atoms with Gasteiger partial charge in [-0.3, -0.25) is 14.9 Å². The van der Waals surface area contributed by atoms with Crippen LogP contribution in [0.25, 0.3) is 0 Å². The molecule has 1 aliphatic rings. The standard InChI is InChI=1S/C16H19N5O2/c1-10-9-14(22)19-16(17-10)21-13(8-11(2)20-21)18-15(23)12-6-4-3-5-7-12/h3-8,10,16-17H,9H2,1-2H3,(H,18,23)(H,19,22). The molecule has 2 aromatic rings. The minimum Gasteiger partial charge on any atom is -0.322 e. The van der Waals surface area contributed by atoms with Crippen molar-refractivity contribution in [3.05, 3.63) is 47.7 Å². The Labute approximate surface area is 134 Å². The Balaban J connectivity index is 1.83. The third-order valence-electron chi connectivity index (χ3n) is 3.61. The topological polar surface area (TPSA) is 88.0 Å². The van der Waals surface area contributed by atoms with Gasteiger partial charge in [-0.15, -0.1) is 0 Å². The second-order valence-electron chi connectivity index (χ2n) is 5.68. The number of aromatic nitrogens is 2. The normalized spacial score (nSPS) is 20.9. The monoisotopic (exact) mass is 313 g/mol. The Kier molecular flexibility index (Phi) is 4.12. The van der Waals surface area contributed by atoms with E-state index in [0.717, 1.165) is 5.69 Å². The lowest BCUT2D eigenvalue weighted by Crippen LogP contribution is -2.52. The van der Waals surface area contributed by atoms with Gasteiger partial charge in [0.15, 0.2) is 6.29 Å². The maximum atomic E-state index is 12.3. The molecule has 1 aromatic carbocycles. The van der Waals surface area contributed by atoms with Crippen LogP contribution in [0.1, 0.15) is 35.7 Å². The van der Waals surface area contributed by atoms with Crippen LogP contribution >= 0.6 is 0 Å². The molecule has 7 nitrogen and oxygen atoms in total. The number of aryl methyl sites for hydroxylation is 1. The first-order valence-corrected chi connectivity index (χ1v) is 7.51. The average Bonchev–Trinajstić information content (AvgIpc) is 2.88. The fourth-order valence-electron chi connectivity index (χ4n) is 2.58. The van der Waals surface area contributed by atoms with E-state index in [-0.39, 0.29) is 17.9 Å². The van der Waals surface area contributed by atoms with Gasteiger partial charge in [-0.2, -0.15) is 5.10 Å². The molecule has 0 saturated carbocycles. The highest BCUT2D eigenvalue weighted by molar-refractivity contribution is 6.03. The van der Waals surface area contributed by atoms with E-state index in [1.165, 1.54) is 0 Å². The number of benzene rings is 1. The second kappa shape index (κ2) is 6.21. The van der Waals surface area contributed by atoms with E-state index in [1.807, 2.05) is 32.0 Å². The van der Waals surface area contributed by atoms with Crippen molar-refractivity contribution in [1.82, 2.24) is 20.4 Å². The number of hydrogen-bond acceptors (Lipinski definition) is 4. The zero-order chi connectivity index (χ0) is 16.4. The zero-order valence-electron chi connectivity index (χ0n) is 13.0. The number of carbonyl (C=O) groups is 2. The fourth-order valence-corrected chi connectivity index (χ4v) is 2.58. The lowest BCUT2D eigenvalue weighted by Gasteiger charge is -2.30. The number of rotatable bonds is 3. The highest BCUT2D eigenvalue weighted by Gasteiger charge is 2.26. The number of hydrogen-bond donors (Lipinski definition) is 3. The van der Waals surface area contributed by atoms with E-state index in [0.29, 0.717) is 17.8 Å². The lowest BCUT2D eigenvalue weighted by atomic mass is 10.2. The summed E-state index contributed by atoms with van der Waals surface area (Å²) >= 11 is 0. The van der Waals surface area contributed by atoms with Crippen LogP contribution in [0.4, 0.5) is 5.82 Å². The van der Waals surface area contributed by atoms with Gasteiger partial charge in [-0.25, -0.2) is 4.68 Å². The number of nitrogens with one attached hydrogen (secondary N) is 3. The summed E-state index contributed by atoms with van der Waals surface area (Å²) in [5.41, 5.74) is 1.31. The molecular formula is C16H19N5O2. The molecule has 0 aliphatic carbocycles. The van der Waals surface area contributed by atoms with Crippen LogP contribution < -0.4 is 16.0 Å². The number of nitrogens with zero attached hydrogens (tertiary/aromatic N) is 2. The minimum atomic E-state index is -0.481. The molecule has 1 fully saturated rings. The Morgan fingerprint density at radius 3 is 2.78 bits per heavy atom. The summed E-state index contributed by atoms with van der Waals surface area (Å²) in [4.78, 5) is 24.1. The van der Waals surface area contributed by atoms with E-state index in [4.69, 9.17) is 0 Å². The summed E-state index contributed by atoms with van der Waals surface area (Å²) in [5.74, 6) is 0.264. The first-order chi connectivity index (χ1) is 11.0. The second-order valence-corrected chi connectivity index (χ2v) is 5.68. The number of anilines is 1. The Hall–Kier alpha value is -2.67. The van der Waals surface area contributed by atoms with Gasteiger partial charge < -0.3 is 10.6 Å². The minimum absolute atomic E-state index is 0.0379. The van der Waals surface area contributed by atoms with E-state index in [9.17, 15) is 9.59 Å². The SMILES string of the molecule is Cc1cc(NC(=O)c2ccccc2)n(C2NC(=O)CC(C)N2)n1. The van der Waals surface area contributed by atoms with Gasteiger partial charge in [0.05, 0.1) is 5.69 Å². The van der Waals surface area contributed by atoms with Crippen LogP contribution in [0, 0.1) is 6.92 Å². The quantitative estimate of drug-likeness (QED) is 0.799. The molecule has 2 heterocycles. The maximum absolute atomic E-state index is 12.3. The van der Waals surface area contributed by atoms with Gasteiger partial charge in [0, 0.05) is 24.1 Å². The Morgan fingerprint density at radius 1 is 1.35 bits per heavy atom. The van der Waals surface area contributed by atoms with Crippen molar-refractivity contribution in [1.29, 1.82) is 0 Å². The van der Waals surface area contributed by atoms with Gasteiger partial charge in [0.1, 0.15) is 5.82 Å². The summed E-state index contributed by atoms with van der Waals surface area (Å²) in [6, 6.07) is 10.8. The van der Waals surface area contributed by atoms with Gasteiger partial charge in [0.25, 0.3) is 5.91 Å². The van der Waals surface area contributed by atoms with Crippen LogP contribution in [0.2, 0.25) is 0 Å². The van der Waals surface area contributed by atoms with Crippen molar-refractivity contribution in [3.8, 4) is 0 Å². The molecular weight excluding hydrogens is 294 g/mol. The molecule has 0 radical (unpaired) electrons. The molecule has 1 saturated heterocycles. The third kappa shape index (κ3) is 3.40. The summed E-state index contributed by atoms with van der Waals surface area (Å²) in [7, 11) is 0. The first-order valence-electron chi connectivity index (χ1n) is 7.51. The molecule has 3 N–H and O–H groups in total. The summed E-state index contributed by atoms with van der Waals surface area (Å²) < 4.78 is 1.59. The molecule has 0 spiro atoms. The zero-order valence-corrected chi connectivity index (χ0v) is 13.0. The molecule has 23 heavy (non-hydrogen) atoms. The smallest absolute Gasteiger partial charge is 0.256 e. The van der Waals surface area contributed by atoms with Crippen LogP contribution in [0.5, 0.6) is 0 Å². The number of amides is 2. The molecule has 3 rings (SSSR count). The van der Waals surface area contributed by atoms with Crippen LogP contribution in [0.15, 0.2) is 36.4 Å². The predicted molar refractivity (Wildman–Crippen MR) is 85.8 cm³/mol. The van der Waals surface area contributed by atoms with Crippen molar-refractivity contribution >= 4 is 17.6 Å². The molecule has 1 aliphatic heterocycles. The van der Waals surface area contributed by atoms with E-state index >= 15 is 0 Å². The van der Waals surface area contributed by atoms with Crippen molar-refractivity contribution in [3.63, 3.8) is 0 Å². The summed E-state index contributed by atoms with van der Waals surface area (Å²) in [5, 5.41) is 13.3. The Morgan fingerprint density at radius 2 is 2.09 bits per heavy atom. The fraction of sp³-hybridized carbons (Fsp3) is 0.312. The van der Waals surface area contributed by atoms with Gasteiger partial charge in [0.2, 0.25) is 5.91 Å². The van der Waals surface area contributed by atoms with Crippen molar-refractivity contribution < 1.29 is 9.59 Å². The highest BCUT2D eigenvalue weighted by Crippen LogP contribution is 2.18. The third-order valence-corrected chi connectivity index (χ3v) is 3.61. The average molecular weight is 313 g/mol. The Bertz CT molecular complexity index is 725. The van der Waals surface area contributed by atoms with Gasteiger partial charge in [-0.05, 0) is 26.0 Å². The van der Waals surface area contributed by atoms with Crippen LogP contribution in [0.3, 0.4) is 0 Å². The number of carbonyl (C=O) groups excluding carboxylic acids is 2. The highest BCUT2D eigenvalue weighted by atomic mass is 16.2. The summed E-state index contributed by atoms with van der Waals surface area (Å²) in [6.07, 6.45) is -0.0614. The van der Waals surface area contributed by atoms with E-state index in [2.05, 4.69) is 21.0 Å². The van der Waals surface area contributed by atoms with E-state index < -0.39 is 6.29 Å². The summed E-state index contributed by atoms with van der Waals surface area (Å²) in [6.45, 7) is 3.77. The van der Waals surface area contributed by atoms with Crippen LogP contribution in [-0.4, -0.2) is 27.6 Å². The van der Waals surface area contributed by atoms with Crippen molar-refractivity contribution in [2.45, 2.75) is 32.6 Å².